The molecule has 0 radical (unpaired) electrons. The van der Waals surface area contributed by atoms with Gasteiger partial charge < -0.3 is 0 Å². The molecular formula is C6H7Cl2N3. The molecule has 0 aliphatic heterocycles. The van der Waals surface area contributed by atoms with E-state index in [2.05, 4.69) is 10.4 Å². The number of hydrazine groups is 1. The van der Waals surface area contributed by atoms with Crippen molar-refractivity contribution < 1.29 is 0 Å². The molecule has 0 spiro atoms. The first kappa shape index (κ1) is 8.74. The maximum atomic E-state index is 5.69. The average Bonchev–Trinajstić information content (AvgIpc) is 1.98. The second-order valence-corrected chi connectivity index (χ2v) is 2.76. The Morgan fingerprint density at radius 1 is 1.55 bits per heavy atom. The molecule has 1 rings (SSSR count). The lowest BCUT2D eigenvalue weighted by Crippen LogP contribution is -2.20. The van der Waals surface area contributed by atoms with Crippen molar-refractivity contribution in [3.63, 3.8) is 0 Å². The summed E-state index contributed by atoms with van der Waals surface area (Å²) in [5.74, 6) is 5.09. The predicted octanol–water partition coefficient (Wildman–Crippen LogP) is 1.35. The molecule has 0 amide bonds. The predicted molar refractivity (Wildman–Crippen MR) is 45.3 cm³/mol. The highest BCUT2D eigenvalue weighted by Crippen LogP contribution is 2.19. The first-order valence-corrected chi connectivity index (χ1v) is 3.73. The van der Waals surface area contributed by atoms with Crippen molar-refractivity contribution in [2.75, 3.05) is 0 Å². The molecule has 1 heterocycles. The Kier molecular flexibility index (Phi) is 3.08. The maximum absolute atomic E-state index is 5.69. The van der Waals surface area contributed by atoms with Crippen molar-refractivity contribution in [2.45, 2.75) is 6.54 Å². The Labute approximate surface area is 74.5 Å². The molecule has 0 unspecified atom stereocenters. The second-order valence-electron chi connectivity index (χ2n) is 2.00. The summed E-state index contributed by atoms with van der Waals surface area (Å²) < 4.78 is 0. The van der Waals surface area contributed by atoms with Crippen LogP contribution in [0.15, 0.2) is 12.3 Å². The zero-order valence-electron chi connectivity index (χ0n) is 5.64. The van der Waals surface area contributed by atoms with E-state index in [1.165, 1.54) is 0 Å². The van der Waals surface area contributed by atoms with Gasteiger partial charge in [0.25, 0.3) is 0 Å². The van der Waals surface area contributed by atoms with Gasteiger partial charge in [-0.15, -0.1) is 0 Å². The first-order valence-electron chi connectivity index (χ1n) is 2.97. The monoisotopic (exact) mass is 191 g/mol. The van der Waals surface area contributed by atoms with Gasteiger partial charge in [-0.25, -0.2) is 4.98 Å². The number of nitrogens with one attached hydrogen (secondary N) is 1. The van der Waals surface area contributed by atoms with Crippen molar-refractivity contribution in [3.05, 3.63) is 28.0 Å². The van der Waals surface area contributed by atoms with Crippen LogP contribution in [0.1, 0.15) is 5.56 Å². The minimum atomic E-state index is 0.312. The van der Waals surface area contributed by atoms with Gasteiger partial charge in [0.1, 0.15) is 5.15 Å². The molecule has 3 nitrogen and oxygen atoms in total. The number of pyridine rings is 1. The maximum Gasteiger partial charge on any atom is 0.147 e. The lowest BCUT2D eigenvalue weighted by Gasteiger charge is -1.99. The first-order chi connectivity index (χ1) is 5.24. The minimum Gasteiger partial charge on any atom is -0.271 e. The van der Waals surface area contributed by atoms with E-state index in [-0.39, 0.29) is 0 Å². The lowest BCUT2D eigenvalue weighted by atomic mass is 10.3. The van der Waals surface area contributed by atoms with Crippen LogP contribution in [0.25, 0.3) is 0 Å². The number of halogens is 2. The van der Waals surface area contributed by atoms with Crippen molar-refractivity contribution in [3.8, 4) is 0 Å². The van der Waals surface area contributed by atoms with Gasteiger partial charge in [0, 0.05) is 12.7 Å². The molecule has 0 bridgehead atoms. The quantitative estimate of drug-likeness (QED) is 0.422. The van der Waals surface area contributed by atoms with Gasteiger partial charge in [-0.1, -0.05) is 23.2 Å². The molecule has 0 aromatic carbocycles. The van der Waals surface area contributed by atoms with Crippen molar-refractivity contribution in [1.29, 1.82) is 0 Å². The highest BCUT2D eigenvalue weighted by Gasteiger charge is 1.98. The standard InChI is InChI=1S/C6H7Cl2N3/c7-5-1-4(3-11-9)2-10-6(5)8/h1-2,11H,3,9H2. The number of aromatic nitrogens is 1. The molecule has 1 aromatic rings. The molecule has 1 aromatic heterocycles. The third-order valence-corrected chi connectivity index (χ3v) is 1.85. The Morgan fingerprint density at radius 2 is 2.27 bits per heavy atom. The van der Waals surface area contributed by atoms with E-state index in [9.17, 15) is 0 Å². The zero-order valence-corrected chi connectivity index (χ0v) is 7.15. The molecule has 0 aliphatic carbocycles. The molecule has 3 N–H and O–H groups in total. The van der Waals surface area contributed by atoms with Crippen molar-refractivity contribution in [1.82, 2.24) is 10.4 Å². The summed E-state index contributed by atoms with van der Waals surface area (Å²) in [5, 5.41) is 0.756. The topological polar surface area (TPSA) is 50.9 Å². The smallest absolute Gasteiger partial charge is 0.147 e. The largest absolute Gasteiger partial charge is 0.271 e. The van der Waals surface area contributed by atoms with E-state index in [1.807, 2.05) is 0 Å². The molecule has 60 valence electrons. The fraction of sp³-hybridized carbons (Fsp3) is 0.167. The Morgan fingerprint density at radius 3 is 2.82 bits per heavy atom. The van der Waals surface area contributed by atoms with Gasteiger partial charge in [-0.2, -0.15) is 0 Å². The number of nitrogens with zero attached hydrogens (tertiary/aromatic N) is 1. The summed E-state index contributed by atoms with van der Waals surface area (Å²) in [7, 11) is 0. The Bertz CT molecular complexity index is 252. The highest BCUT2D eigenvalue weighted by molar-refractivity contribution is 6.41. The molecule has 0 aliphatic rings. The average molecular weight is 192 g/mol. The van der Waals surface area contributed by atoms with Crippen LogP contribution in [0.4, 0.5) is 0 Å². The summed E-state index contributed by atoms with van der Waals surface area (Å²) in [4.78, 5) is 3.84. The van der Waals surface area contributed by atoms with E-state index in [1.54, 1.807) is 12.3 Å². The molecular weight excluding hydrogens is 185 g/mol. The summed E-state index contributed by atoms with van der Waals surface area (Å²) in [6.07, 6.45) is 1.62. The SMILES string of the molecule is NNCc1cnc(Cl)c(Cl)c1. The molecule has 0 saturated carbocycles. The molecule has 0 atom stereocenters. The van der Waals surface area contributed by atoms with Gasteiger partial charge >= 0.3 is 0 Å². The van der Waals surface area contributed by atoms with E-state index in [0.717, 1.165) is 5.56 Å². The second kappa shape index (κ2) is 3.88. The third-order valence-electron chi connectivity index (χ3n) is 1.16. The van der Waals surface area contributed by atoms with E-state index in [4.69, 9.17) is 29.0 Å². The summed E-state index contributed by atoms with van der Waals surface area (Å²) >= 11 is 11.3. The fourth-order valence-electron chi connectivity index (χ4n) is 0.675. The summed E-state index contributed by atoms with van der Waals surface area (Å²) in [5.41, 5.74) is 3.39. The Balaban J connectivity index is 2.86. The minimum absolute atomic E-state index is 0.312. The van der Waals surface area contributed by atoms with Crippen molar-refractivity contribution >= 4 is 23.2 Å². The van der Waals surface area contributed by atoms with Gasteiger partial charge in [0.05, 0.1) is 5.02 Å². The number of hydrogen-bond donors (Lipinski definition) is 2. The van der Waals surface area contributed by atoms with Crippen LogP contribution in [0.3, 0.4) is 0 Å². The molecule has 0 saturated heterocycles. The number of rotatable bonds is 2. The highest BCUT2D eigenvalue weighted by atomic mass is 35.5. The van der Waals surface area contributed by atoms with Crippen LogP contribution < -0.4 is 11.3 Å². The number of hydrogen-bond acceptors (Lipinski definition) is 3. The van der Waals surface area contributed by atoms with Crippen molar-refractivity contribution in [2.24, 2.45) is 5.84 Å². The summed E-state index contributed by atoms with van der Waals surface area (Å²) in [6.45, 7) is 0.532. The normalized spacial score (nSPS) is 10.1. The molecule has 5 heteroatoms. The fourth-order valence-corrected chi connectivity index (χ4v) is 0.968. The number of nitrogens with two attached hydrogens (primary N) is 1. The van der Waals surface area contributed by atoms with Gasteiger partial charge in [0.2, 0.25) is 0 Å². The van der Waals surface area contributed by atoms with Crippen LogP contribution in [0, 0.1) is 0 Å². The van der Waals surface area contributed by atoms with E-state index >= 15 is 0 Å². The van der Waals surface area contributed by atoms with Crippen LogP contribution in [-0.2, 0) is 6.54 Å². The summed E-state index contributed by atoms with van der Waals surface area (Å²) in [6, 6.07) is 1.72. The van der Waals surface area contributed by atoms with Crippen LogP contribution in [0.5, 0.6) is 0 Å². The molecule has 0 fully saturated rings. The van der Waals surface area contributed by atoms with Gasteiger partial charge in [-0.3, -0.25) is 11.3 Å². The van der Waals surface area contributed by atoms with Crippen LogP contribution in [0.2, 0.25) is 10.2 Å². The van der Waals surface area contributed by atoms with Crippen LogP contribution in [-0.4, -0.2) is 4.98 Å². The van der Waals surface area contributed by atoms with Gasteiger partial charge in [0.15, 0.2) is 0 Å². The Hall–Kier alpha value is -0.350. The van der Waals surface area contributed by atoms with Gasteiger partial charge in [-0.05, 0) is 11.6 Å². The van der Waals surface area contributed by atoms with E-state index in [0.29, 0.717) is 16.7 Å². The zero-order chi connectivity index (χ0) is 8.27. The lowest BCUT2D eigenvalue weighted by molar-refractivity contribution is 0.738. The third kappa shape index (κ3) is 2.31. The molecule has 11 heavy (non-hydrogen) atoms. The van der Waals surface area contributed by atoms with Crippen LogP contribution >= 0.6 is 23.2 Å². The van der Waals surface area contributed by atoms with E-state index < -0.39 is 0 Å².